The zero-order chi connectivity index (χ0) is 21.1. The Balaban J connectivity index is 1.86. The van der Waals surface area contributed by atoms with E-state index in [9.17, 15) is 0 Å². The van der Waals surface area contributed by atoms with E-state index in [2.05, 4.69) is 115 Å². The summed E-state index contributed by atoms with van der Waals surface area (Å²) < 4.78 is 4.81. The molecular formula is C29H26N2. The fourth-order valence-electron chi connectivity index (χ4n) is 5.17. The average molecular weight is 403 g/mol. The molecule has 0 fully saturated rings. The molecule has 2 aromatic heterocycles. The largest absolute Gasteiger partial charge is 0.342 e. The van der Waals surface area contributed by atoms with Crippen LogP contribution in [0.5, 0.6) is 0 Å². The molecule has 0 spiro atoms. The Labute approximate surface area is 182 Å². The third-order valence-corrected chi connectivity index (χ3v) is 7.01. The molecule has 2 heteroatoms. The van der Waals surface area contributed by atoms with E-state index in [4.69, 9.17) is 0 Å². The molecule has 0 radical (unpaired) electrons. The maximum absolute atomic E-state index is 2.45. The molecular weight excluding hydrogens is 376 g/mol. The molecule has 4 aromatic carbocycles. The number of aryl methyl sites for hydroxylation is 1. The van der Waals surface area contributed by atoms with Crippen molar-refractivity contribution in [2.45, 2.75) is 26.2 Å². The van der Waals surface area contributed by atoms with Crippen LogP contribution in [0.2, 0.25) is 0 Å². The van der Waals surface area contributed by atoms with Gasteiger partial charge >= 0.3 is 0 Å². The molecule has 0 saturated heterocycles. The van der Waals surface area contributed by atoms with Crippen molar-refractivity contribution in [3.8, 4) is 5.69 Å². The zero-order valence-corrected chi connectivity index (χ0v) is 18.3. The van der Waals surface area contributed by atoms with Crippen LogP contribution in [0.25, 0.3) is 49.3 Å². The van der Waals surface area contributed by atoms with Crippen molar-refractivity contribution in [2.24, 2.45) is 7.05 Å². The normalized spacial score (nSPS) is 13.0. The maximum Gasteiger partial charge on any atom is 0.0785 e. The van der Waals surface area contributed by atoms with E-state index in [1.165, 1.54) is 54.9 Å². The number of aromatic nitrogens is 2. The van der Waals surface area contributed by atoms with Crippen LogP contribution in [0.4, 0.5) is 0 Å². The number of hydrogen-bond donors (Lipinski definition) is 0. The molecule has 2 nitrogen and oxygen atoms in total. The maximum atomic E-state index is 2.45. The van der Waals surface area contributed by atoms with Crippen LogP contribution in [0.1, 0.15) is 31.7 Å². The number of benzene rings is 4. The number of para-hydroxylation sites is 2. The summed E-state index contributed by atoms with van der Waals surface area (Å²) in [5.74, 6) is 0.556. The molecule has 31 heavy (non-hydrogen) atoms. The minimum atomic E-state index is 0.556. The van der Waals surface area contributed by atoms with Crippen LogP contribution >= 0.6 is 0 Å². The van der Waals surface area contributed by atoms with Gasteiger partial charge in [0, 0.05) is 39.8 Å². The van der Waals surface area contributed by atoms with Gasteiger partial charge in [-0.2, -0.15) is 0 Å². The van der Waals surface area contributed by atoms with E-state index in [0.29, 0.717) is 5.92 Å². The van der Waals surface area contributed by atoms with Gasteiger partial charge in [0.05, 0.1) is 16.6 Å². The van der Waals surface area contributed by atoms with Gasteiger partial charge in [-0.1, -0.05) is 68.4 Å². The fraction of sp³-hybridized carbons (Fsp3) is 0.172. The predicted octanol–water partition coefficient (Wildman–Crippen LogP) is 7.94. The highest BCUT2D eigenvalue weighted by Crippen LogP contribution is 2.40. The van der Waals surface area contributed by atoms with Gasteiger partial charge in [0.15, 0.2) is 0 Å². The predicted molar refractivity (Wildman–Crippen MR) is 133 cm³/mol. The molecule has 1 atom stereocenters. The Hall–Kier alpha value is -3.52. The first-order valence-electron chi connectivity index (χ1n) is 11.2. The number of fused-ring (bicyclic) bond motifs is 7. The summed E-state index contributed by atoms with van der Waals surface area (Å²) in [5.41, 5.74) is 7.75. The smallest absolute Gasteiger partial charge is 0.0785 e. The van der Waals surface area contributed by atoms with Gasteiger partial charge in [-0.15, -0.1) is 0 Å². The summed E-state index contributed by atoms with van der Waals surface area (Å²) in [4.78, 5) is 0. The molecule has 0 N–H and O–H groups in total. The SMILES string of the molecule is CCC(C)c1ccc2c(c1)c1ccc3c4ccccc4n(C)c3c1n2-c1ccccc1. The molecule has 0 aliphatic carbocycles. The minimum absolute atomic E-state index is 0.556. The topological polar surface area (TPSA) is 9.86 Å². The molecule has 6 rings (SSSR count). The number of nitrogens with zero attached hydrogens (tertiary/aromatic N) is 2. The van der Waals surface area contributed by atoms with Crippen LogP contribution in [0.3, 0.4) is 0 Å². The minimum Gasteiger partial charge on any atom is -0.342 e. The lowest BCUT2D eigenvalue weighted by Gasteiger charge is -2.11. The summed E-state index contributed by atoms with van der Waals surface area (Å²) in [7, 11) is 2.20. The van der Waals surface area contributed by atoms with Gasteiger partial charge in [0.1, 0.15) is 0 Å². The van der Waals surface area contributed by atoms with Crippen molar-refractivity contribution in [1.82, 2.24) is 9.13 Å². The second-order valence-corrected chi connectivity index (χ2v) is 8.69. The molecule has 0 saturated carbocycles. The van der Waals surface area contributed by atoms with Gasteiger partial charge in [-0.25, -0.2) is 0 Å². The third kappa shape index (κ3) is 2.51. The van der Waals surface area contributed by atoms with Gasteiger partial charge in [-0.3, -0.25) is 0 Å². The quantitative estimate of drug-likeness (QED) is 0.284. The molecule has 0 bridgehead atoms. The summed E-state index contributed by atoms with van der Waals surface area (Å²) in [6, 6.07) is 31.2. The van der Waals surface area contributed by atoms with Crippen LogP contribution in [-0.2, 0) is 7.05 Å². The van der Waals surface area contributed by atoms with Gasteiger partial charge in [0.2, 0.25) is 0 Å². The molecule has 0 aliphatic rings. The second-order valence-electron chi connectivity index (χ2n) is 8.69. The van der Waals surface area contributed by atoms with Crippen LogP contribution in [0.15, 0.2) is 84.9 Å². The van der Waals surface area contributed by atoms with E-state index >= 15 is 0 Å². The Morgan fingerprint density at radius 3 is 2.16 bits per heavy atom. The summed E-state index contributed by atoms with van der Waals surface area (Å²) in [5, 5.41) is 5.28. The van der Waals surface area contributed by atoms with Crippen LogP contribution in [0, 0.1) is 0 Å². The first-order valence-corrected chi connectivity index (χ1v) is 11.2. The Bertz CT molecular complexity index is 1580. The lowest BCUT2D eigenvalue weighted by Crippen LogP contribution is -1.96. The Morgan fingerprint density at radius 2 is 1.39 bits per heavy atom. The second kappa shape index (κ2) is 6.75. The van der Waals surface area contributed by atoms with Crippen molar-refractivity contribution in [3.63, 3.8) is 0 Å². The summed E-state index contributed by atoms with van der Waals surface area (Å²) in [6.45, 7) is 4.58. The fourth-order valence-corrected chi connectivity index (χ4v) is 5.17. The molecule has 152 valence electrons. The van der Waals surface area contributed by atoms with Crippen molar-refractivity contribution in [3.05, 3.63) is 90.5 Å². The summed E-state index contributed by atoms with van der Waals surface area (Å²) >= 11 is 0. The highest BCUT2D eigenvalue weighted by molar-refractivity contribution is 6.23. The standard InChI is InChI=1S/C29H26N2/c1-4-19(2)20-14-17-27-25(18-20)24-16-15-23-22-12-8-9-13-26(22)30(3)28(23)29(24)31(27)21-10-6-5-7-11-21/h5-19H,4H2,1-3H3. The van der Waals surface area contributed by atoms with Crippen molar-refractivity contribution >= 4 is 43.6 Å². The Morgan fingerprint density at radius 1 is 0.677 bits per heavy atom. The Kier molecular flexibility index (Phi) is 3.97. The summed E-state index contributed by atoms with van der Waals surface area (Å²) in [6.07, 6.45) is 1.15. The van der Waals surface area contributed by atoms with E-state index in [1.54, 1.807) is 0 Å². The van der Waals surface area contributed by atoms with Gasteiger partial charge < -0.3 is 9.13 Å². The van der Waals surface area contributed by atoms with E-state index in [1.807, 2.05) is 0 Å². The van der Waals surface area contributed by atoms with Crippen molar-refractivity contribution < 1.29 is 0 Å². The molecule has 1 unspecified atom stereocenters. The lowest BCUT2D eigenvalue weighted by atomic mass is 9.97. The monoisotopic (exact) mass is 402 g/mol. The average Bonchev–Trinajstić information content (AvgIpc) is 3.31. The zero-order valence-electron chi connectivity index (χ0n) is 18.3. The molecule has 0 aliphatic heterocycles. The molecule has 6 aromatic rings. The molecule has 0 amide bonds. The third-order valence-electron chi connectivity index (χ3n) is 7.01. The number of hydrogen-bond acceptors (Lipinski definition) is 0. The van der Waals surface area contributed by atoms with Gasteiger partial charge in [0.25, 0.3) is 0 Å². The highest BCUT2D eigenvalue weighted by atomic mass is 15.0. The van der Waals surface area contributed by atoms with Crippen LogP contribution < -0.4 is 0 Å². The number of rotatable bonds is 3. The highest BCUT2D eigenvalue weighted by Gasteiger charge is 2.19. The first kappa shape index (κ1) is 18.3. The van der Waals surface area contributed by atoms with Crippen molar-refractivity contribution in [1.29, 1.82) is 0 Å². The van der Waals surface area contributed by atoms with E-state index < -0.39 is 0 Å². The van der Waals surface area contributed by atoms with Crippen LogP contribution in [-0.4, -0.2) is 9.13 Å². The lowest BCUT2D eigenvalue weighted by molar-refractivity contribution is 0.735. The van der Waals surface area contributed by atoms with Crippen molar-refractivity contribution in [2.75, 3.05) is 0 Å². The van der Waals surface area contributed by atoms with Gasteiger partial charge in [-0.05, 0) is 48.2 Å². The molecule has 2 heterocycles. The first-order chi connectivity index (χ1) is 15.2. The van der Waals surface area contributed by atoms with E-state index in [0.717, 1.165) is 6.42 Å². The van der Waals surface area contributed by atoms with E-state index in [-0.39, 0.29) is 0 Å².